The molecule has 0 saturated carbocycles. The quantitative estimate of drug-likeness (QED) is 0.363. The summed E-state index contributed by atoms with van der Waals surface area (Å²) in [5, 5.41) is 19.9. The molecule has 1 aromatic rings. The van der Waals surface area contributed by atoms with Gasteiger partial charge < -0.3 is 14.9 Å². The molecular formula is C20H20O6. The van der Waals surface area contributed by atoms with Crippen molar-refractivity contribution >= 4 is 17.5 Å². The number of aromatic hydroxyl groups is 2. The SMILES string of the molecule is CC=CC(=O)O[C@H](CC=C(C)C)C1=CC(=O)c2c(O)ccc(O)c2C1=O. The van der Waals surface area contributed by atoms with Crippen LogP contribution < -0.4 is 0 Å². The molecule has 0 unspecified atom stereocenters. The number of Topliss-reactive ketones (excluding diaryl/α,β-unsaturated/α-hetero) is 1. The first-order valence-corrected chi connectivity index (χ1v) is 8.08. The summed E-state index contributed by atoms with van der Waals surface area (Å²) in [5.74, 6) is -2.74. The van der Waals surface area contributed by atoms with Crippen molar-refractivity contribution in [1.82, 2.24) is 0 Å². The lowest BCUT2D eigenvalue weighted by atomic mass is 9.85. The van der Waals surface area contributed by atoms with Gasteiger partial charge in [0.1, 0.15) is 17.6 Å². The molecule has 0 heterocycles. The van der Waals surface area contributed by atoms with Gasteiger partial charge in [-0.25, -0.2) is 4.79 Å². The first kappa shape index (κ1) is 19.2. The number of phenolic OH excluding ortho intramolecular Hbond substituents is 2. The van der Waals surface area contributed by atoms with Crippen LogP contribution in [0.2, 0.25) is 0 Å². The smallest absolute Gasteiger partial charge is 0.331 e. The minimum absolute atomic E-state index is 0.0428. The Labute approximate surface area is 151 Å². The van der Waals surface area contributed by atoms with E-state index in [1.54, 1.807) is 13.0 Å². The van der Waals surface area contributed by atoms with Crippen molar-refractivity contribution in [2.45, 2.75) is 33.3 Å². The van der Waals surface area contributed by atoms with Gasteiger partial charge in [-0.05, 0) is 39.0 Å². The maximum Gasteiger partial charge on any atom is 0.331 e. The van der Waals surface area contributed by atoms with Gasteiger partial charge in [-0.3, -0.25) is 9.59 Å². The lowest BCUT2D eigenvalue weighted by Gasteiger charge is -2.23. The predicted octanol–water partition coefficient (Wildman–Crippen LogP) is 3.25. The standard InChI is InChI=1S/C20H20O6/c1-4-5-17(24)26-16(9-6-11(2)3)12-10-15(23)18-13(21)7-8-14(22)19(18)20(12)25/h4-8,10,16,21-22H,9H2,1-3H3/t16-/m1/s1. The molecule has 1 atom stereocenters. The molecule has 0 spiro atoms. The number of esters is 1. The van der Waals surface area contributed by atoms with Crippen molar-refractivity contribution in [3.05, 3.63) is 58.7 Å². The number of rotatable bonds is 5. The van der Waals surface area contributed by atoms with Crippen LogP contribution in [0.25, 0.3) is 0 Å². The maximum atomic E-state index is 12.8. The third-order valence-electron chi connectivity index (χ3n) is 3.83. The van der Waals surface area contributed by atoms with E-state index in [-0.39, 0.29) is 23.1 Å². The normalized spacial score (nSPS) is 14.7. The molecule has 0 radical (unpaired) electrons. The van der Waals surface area contributed by atoms with Crippen molar-refractivity contribution in [1.29, 1.82) is 0 Å². The molecule has 136 valence electrons. The van der Waals surface area contributed by atoms with Crippen molar-refractivity contribution in [3.8, 4) is 11.5 Å². The number of fused-ring (bicyclic) bond motifs is 1. The zero-order chi connectivity index (χ0) is 19.4. The van der Waals surface area contributed by atoms with Crippen LogP contribution >= 0.6 is 0 Å². The lowest BCUT2D eigenvalue weighted by Crippen LogP contribution is -2.28. The summed E-state index contributed by atoms with van der Waals surface area (Å²) in [6.07, 6.45) is 4.76. The molecule has 0 aromatic heterocycles. The molecule has 2 rings (SSSR count). The first-order valence-electron chi connectivity index (χ1n) is 8.08. The van der Waals surface area contributed by atoms with Crippen molar-refractivity contribution in [2.75, 3.05) is 0 Å². The number of carbonyl (C=O) groups is 3. The number of phenols is 2. The number of allylic oxidation sites excluding steroid dienone is 3. The average Bonchev–Trinajstić information content (AvgIpc) is 2.57. The van der Waals surface area contributed by atoms with Gasteiger partial charge in [-0.1, -0.05) is 17.7 Å². The number of benzene rings is 1. The second-order valence-corrected chi connectivity index (χ2v) is 6.09. The molecule has 1 aliphatic carbocycles. The molecule has 2 N–H and O–H groups in total. The van der Waals surface area contributed by atoms with E-state index in [9.17, 15) is 24.6 Å². The topological polar surface area (TPSA) is 101 Å². The fourth-order valence-electron chi connectivity index (χ4n) is 2.62. The van der Waals surface area contributed by atoms with Gasteiger partial charge in [0.15, 0.2) is 11.6 Å². The second kappa shape index (κ2) is 7.82. The molecule has 1 aromatic carbocycles. The fraction of sp³-hybridized carbons (Fsp3) is 0.250. The van der Waals surface area contributed by atoms with Gasteiger partial charge in [-0.15, -0.1) is 0 Å². The van der Waals surface area contributed by atoms with Crippen LogP contribution in [-0.2, 0) is 9.53 Å². The van der Waals surface area contributed by atoms with Crippen molar-refractivity contribution in [2.24, 2.45) is 0 Å². The summed E-state index contributed by atoms with van der Waals surface area (Å²) in [4.78, 5) is 37.1. The van der Waals surface area contributed by atoms with Crippen LogP contribution in [-0.4, -0.2) is 33.9 Å². The Morgan fingerprint density at radius 1 is 1.15 bits per heavy atom. The van der Waals surface area contributed by atoms with Crippen LogP contribution in [0.4, 0.5) is 0 Å². The summed E-state index contributed by atoms with van der Waals surface area (Å²) in [7, 11) is 0. The summed E-state index contributed by atoms with van der Waals surface area (Å²) >= 11 is 0. The Morgan fingerprint density at radius 3 is 2.35 bits per heavy atom. The maximum absolute atomic E-state index is 12.8. The Hall–Kier alpha value is -3.15. The van der Waals surface area contributed by atoms with Crippen LogP contribution in [0.3, 0.4) is 0 Å². The van der Waals surface area contributed by atoms with E-state index >= 15 is 0 Å². The highest BCUT2D eigenvalue weighted by Gasteiger charge is 2.35. The number of hydrogen-bond acceptors (Lipinski definition) is 6. The highest BCUT2D eigenvalue weighted by molar-refractivity contribution is 6.27. The molecule has 0 aliphatic heterocycles. The van der Waals surface area contributed by atoms with E-state index in [2.05, 4.69) is 0 Å². The van der Waals surface area contributed by atoms with Crippen molar-refractivity contribution in [3.63, 3.8) is 0 Å². The van der Waals surface area contributed by atoms with Crippen LogP contribution in [0.1, 0.15) is 47.9 Å². The summed E-state index contributed by atoms with van der Waals surface area (Å²) < 4.78 is 5.33. The third kappa shape index (κ3) is 3.91. The molecule has 6 nitrogen and oxygen atoms in total. The van der Waals surface area contributed by atoms with E-state index in [0.717, 1.165) is 23.8 Å². The van der Waals surface area contributed by atoms with E-state index < -0.39 is 35.1 Å². The zero-order valence-electron chi connectivity index (χ0n) is 14.8. The van der Waals surface area contributed by atoms with Crippen LogP contribution in [0.5, 0.6) is 11.5 Å². The molecular weight excluding hydrogens is 336 g/mol. The monoisotopic (exact) mass is 356 g/mol. The van der Waals surface area contributed by atoms with E-state index in [1.165, 1.54) is 12.2 Å². The van der Waals surface area contributed by atoms with Gasteiger partial charge in [-0.2, -0.15) is 0 Å². The van der Waals surface area contributed by atoms with E-state index in [1.807, 2.05) is 13.8 Å². The Bertz CT molecular complexity index is 853. The Balaban J connectivity index is 2.50. The first-order chi connectivity index (χ1) is 12.3. The Morgan fingerprint density at radius 2 is 1.77 bits per heavy atom. The highest BCUT2D eigenvalue weighted by atomic mass is 16.5. The third-order valence-corrected chi connectivity index (χ3v) is 3.83. The predicted molar refractivity (Wildman–Crippen MR) is 95.3 cm³/mol. The molecule has 0 bridgehead atoms. The van der Waals surface area contributed by atoms with Crippen molar-refractivity contribution < 1.29 is 29.3 Å². The molecule has 26 heavy (non-hydrogen) atoms. The summed E-state index contributed by atoms with van der Waals surface area (Å²) in [6.45, 7) is 5.36. The molecule has 1 aliphatic rings. The fourth-order valence-corrected chi connectivity index (χ4v) is 2.62. The van der Waals surface area contributed by atoms with Gasteiger partial charge in [0.2, 0.25) is 0 Å². The largest absolute Gasteiger partial charge is 0.507 e. The van der Waals surface area contributed by atoms with Crippen LogP contribution in [0.15, 0.2) is 47.6 Å². The molecule has 0 fully saturated rings. The number of ketones is 2. The minimum Gasteiger partial charge on any atom is -0.507 e. The Kier molecular flexibility index (Phi) is 5.77. The second-order valence-electron chi connectivity index (χ2n) is 6.09. The van der Waals surface area contributed by atoms with Gasteiger partial charge in [0.05, 0.1) is 11.1 Å². The lowest BCUT2D eigenvalue weighted by molar-refractivity contribution is -0.141. The highest BCUT2D eigenvalue weighted by Crippen LogP contribution is 2.36. The summed E-state index contributed by atoms with van der Waals surface area (Å²) in [6, 6.07) is 2.28. The van der Waals surface area contributed by atoms with Gasteiger partial charge in [0, 0.05) is 18.1 Å². The molecule has 0 amide bonds. The van der Waals surface area contributed by atoms with E-state index in [4.69, 9.17) is 4.74 Å². The number of hydrogen-bond donors (Lipinski definition) is 2. The van der Waals surface area contributed by atoms with Gasteiger partial charge >= 0.3 is 5.97 Å². The average molecular weight is 356 g/mol. The summed E-state index contributed by atoms with van der Waals surface area (Å²) in [5.41, 5.74) is 0.378. The molecule has 6 heteroatoms. The number of ether oxygens (including phenoxy) is 1. The zero-order valence-corrected chi connectivity index (χ0v) is 14.8. The number of carbonyl (C=O) groups excluding carboxylic acids is 3. The van der Waals surface area contributed by atoms with E-state index in [0.29, 0.717) is 0 Å². The van der Waals surface area contributed by atoms with Crippen LogP contribution in [0, 0.1) is 0 Å². The molecule has 0 saturated heterocycles. The van der Waals surface area contributed by atoms with Gasteiger partial charge in [0.25, 0.3) is 0 Å². The minimum atomic E-state index is -0.986.